The third-order valence-corrected chi connectivity index (χ3v) is 4.44. The molecule has 23 heavy (non-hydrogen) atoms. The van der Waals surface area contributed by atoms with Crippen molar-refractivity contribution in [3.05, 3.63) is 46.0 Å². The maximum absolute atomic E-state index is 11.4. The van der Waals surface area contributed by atoms with Crippen LogP contribution in [-0.2, 0) is 6.54 Å². The summed E-state index contributed by atoms with van der Waals surface area (Å²) in [6.07, 6.45) is 3.78. The molecule has 0 bridgehead atoms. The lowest BCUT2D eigenvalue weighted by molar-refractivity contribution is -0.384. The Bertz CT molecular complexity index is 712. The molecule has 7 heteroatoms. The first-order valence-corrected chi connectivity index (χ1v) is 7.97. The van der Waals surface area contributed by atoms with Gasteiger partial charge in [0.15, 0.2) is 0 Å². The van der Waals surface area contributed by atoms with E-state index < -0.39 is 0 Å². The lowest BCUT2D eigenvalue weighted by atomic mass is 9.96. The van der Waals surface area contributed by atoms with Crippen LogP contribution in [0.2, 0.25) is 0 Å². The van der Waals surface area contributed by atoms with Gasteiger partial charge in [-0.3, -0.25) is 10.1 Å². The summed E-state index contributed by atoms with van der Waals surface area (Å²) in [5.74, 6) is 1.24. The van der Waals surface area contributed by atoms with Gasteiger partial charge in [0.2, 0.25) is 0 Å². The van der Waals surface area contributed by atoms with E-state index in [1.54, 1.807) is 12.4 Å². The fourth-order valence-corrected chi connectivity index (χ4v) is 3.28. The Morgan fingerprint density at radius 1 is 1.43 bits per heavy atom. The zero-order valence-corrected chi connectivity index (χ0v) is 13.5. The van der Waals surface area contributed by atoms with Gasteiger partial charge in [-0.2, -0.15) is 0 Å². The molecule has 0 amide bonds. The zero-order chi connectivity index (χ0) is 16.4. The second-order valence-electron chi connectivity index (χ2n) is 6.01. The Labute approximate surface area is 135 Å². The van der Waals surface area contributed by atoms with E-state index in [0.29, 0.717) is 5.69 Å². The van der Waals surface area contributed by atoms with Crippen molar-refractivity contribution in [3.63, 3.8) is 0 Å². The minimum atomic E-state index is -0.291. The van der Waals surface area contributed by atoms with Crippen LogP contribution in [0.25, 0.3) is 0 Å². The van der Waals surface area contributed by atoms with Crippen molar-refractivity contribution < 1.29 is 4.92 Å². The summed E-state index contributed by atoms with van der Waals surface area (Å²) in [6.45, 7) is 6.35. The molecule has 1 fully saturated rings. The van der Waals surface area contributed by atoms with Crippen molar-refractivity contribution in [3.8, 4) is 0 Å². The second kappa shape index (κ2) is 6.36. The number of hydrogen-bond acceptors (Lipinski definition) is 5. The molecule has 0 aliphatic carbocycles. The number of piperidine rings is 1. The quantitative estimate of drug-likeness (QED) is 0.640. The van der Waals surface area contributed by atoms with Crippen LogP contribution in [-0.4, -0.2) is 32.8 Å². The van der Waals surface area contributed by atoms with Crippen molar-refractivity contribution >= 4 is 11.4 Å². The maximum atomic E-state index is 11.4. The van der Waals surface area contributed by atoms with E-state index in [1.807, 2.05) is 19.1 Å². The molecule has 1 aromatic heterocycles. The largest absolute Gasteiger partial charge is 0.365 e. The van der Waals surface area contributed by atoms with E-state index in [-0.39, 0.29) is 16.5 Å². The third kappa shape index (κ3) is 3.04. The Hall–Kier alpha value is -2.44. The van der Waals surface area contributed by atoms with Crippen LogP contribution in [0.3, 0.4) is 0 Å². The van der Waals surface area contributed by atoms with Gasteiger partial charge in [0.05, 0.1) is 4.92 Å². The highest BCUT2D eigenvalue weighted by Crippen LogP contribution is 2.34. The molecule has 1 unspecified atom stereocenters. The fourth-order valence-electron chi connectivity index (χ4n) is 3.28. The average Bonchev–Trinajstić information content (AvgIpc) is 3.03. The van der Waals surface area contributed by atoms with Crippen molar-refractivity contribution in [2.45, 2.75) is 39.2 Å². The van der Waals surface area contributed by atoms with Crippen LogP contribution in [0.4, 0.5) is 11.4 Å². The van der Waals surface area contributed by atoms with Crippen LogP contribution >= 0.6 is 0 Å². The Morgan fingerprint density at radius 3 is 3.00 bits per heavy atom. The number of rotatable bonds is 4. The number of benzene rings is 1. The molecule has 122 valence electrons. The highest BCUT2D eigenvalue weighted by atomic mass is 16.6. The normalized spacial score (nSPS) is 18.2. The summed E-state index contributed by atoms with van der Waals surface area (Å²) in [6, 6.07) is 5.44. The average molecular weight is 315 g/mol. The summed E-state index contributed by atoms with van der Waals surface area (Å²) in [4.78, 5) is 13.2. The fraction of sp³-hybridized carbons (Fsp3) is 0.500. The van der Waals surface area contributed by atoms with Gasteiger partial charge in [-0.25, -0.2) is 0 Å². The summed E-state index contributed by atoms with van der Waals surface area (Å²) in [5.41, 5.74) is 1.79. The standard InChI is InChI=1S/C16H21N5O2/c1-3-19-11-17-18-16(19)13-5-4-8-20(10-13)14-7-6-12(2)9-15(14)21(22)23/h6-7,9,11,13H,3-5,8,10H2,1-2H3. The van der Waals surface area contributed by atoms with E-state index in [9.17, 15) is 10.1 Å². The van der Waals surface area contributed by atoms with Crippen LogP contribution in [0, 0.1) is 17.0 Å². The minimum Gasteiger partial charge on any atom is -0.365 e. The Kier molecular flexibility index (Phi) is 4.27. The highest BCUT2D eigenvalue weighted by molar-refractivity contribution is 5.64. The molecule has 1 aromatic carbocycles. The number of anilines is 1. The van der Waals surface area contributed by atoms with Crippen LogP contribution in [0.15, 0.2) is 24.5 Å². The van der Waals surface area contributed by atoms with Gasteiger partial charge < -0.3 is 9.47 Å². The molecule has 7 nitrogen and oxygen atoms in total. The summed E-state index contributed by atoms with van der Waals surface area (Å²) in [5, 5.41) is 19.7. The monoisotopic (exact) mass is 315 g/mol. The van der Waals surface area contributed by atoms with Crippen molar-refractivity contribution in [1.29, 1.82) is 0 Å². The van der Waals surface area contributed by atoms with E-state index in [2.05, 4.69) is 26.6 Å². The van der Waals surface area contributed by atoms with Gasteiger partial charge >= 0.3 is 0 Å². The molecule has 2 heterocycles. The van der Waals surface area contributed by atoms with Gasteiger partial charge in [0, 0.05) is 31.6 Å². The number of aryl methyl sites for hydroxylation is 2. The second-order valence-corrected chi connectivity index (χ2v) is 6.01. The lowest BCUT2D eigenvalue weighted by Gasteiger charge is -2.33. The topological polar surface area (TPSA) is 77.1 Å². The maximum Gasteiger partial charge on any atom is 0.292 e. The predicted octanol–water partition coefficient (Wildman–Crippen LogP) is 2.90. The molecule has 2 aromatic rings. The number of aromatic nitrogens is 3. The number of hydrogen-bond donors (Lipinski definition) is 0. The smallest absolute Gasteiger partial charge is 0.292 e. The summed E-state index contributed by atoms with van der Waals surface area (Å²) < 4.78 is 2.05. The molecule has 0 radical (unpaired) electrons. The van der Waals surface area contributed by atoms with Crippen LogP contribution in [0.1, 0.15) is 37.1 Å². The first-order chi connectivity index (χ1) is 11.1. The zero-order valence-electron chi connectivity index (χ0n) is 13.5. The minimum absolute atomic E-state index is 0.183. The van der Waals surface area contributed by atoms with Gasteiger partial charge in [-0.1, -0.05) is 6.07 Å². The Balaban J connectivity index is 1.88. The molecule has 1 saturated heterocycles. The van der Waals surface area contributed by atoms with Gasteiger partial charge in [-0.05, 0) is 38.3 Å². The van der Waals surface area contributed by atoms with E-state index in [1.165, 1.54) is 0 Å². The SMILES string of the molecule is CCn1cnnc1C1CCCN(c2ccc(C)cc2[N+](=O)[O-])C1. The first kappa shape index (κ1) is 15.5. The molecule has 1 aliphatic rings. The third-order valence-electron chi connectivity index (χ3n) is 4.44. The highest BCUT2D eigenvalue weighted by Gasteiger charge is 2.28. The summed E-state index contributed by atoms with van der Waals surface area (Å²) >= 11 is 0. The van der Waals surface area contributed by atoms with Crippen molar-refractivity contribution in [2.24, 2.45) is 0 Å². The molecule has 3 rings (SSSR count). The Morgan fingerprint density at radius 2 is 2.26 bits per heavy atom. The molecule has 0 spiro atoms. The molecular formula is C16H21N5O2. The summed E-state index contributed by atoms with van der Waals surface area (Å²) in [7, 11) is 0. The molecule has 0 saturated carbocycles. The van der Waals surface area contributed by atoms with Gasteiger partial charge in [0.25, 0.3) is 5.69 Å². The van der Waals surface area contributed by atoms with E-state index in [0.717, 1.165) is 43.9 Å². The van der Waals surface area contributed by atoms with Gasteiger partial charge in [0.1, 0.15) is 17.8 Å². The van der Waals surface area contributed by atoms with Crippen LogP contribution in [0.5, 0.6) is 0 Å². The molecular weight excluding hydrogens is 294 g/mol. The molecule has 1 atom stereocenters. The van der Waals surface area contributed by atoms with Crippen LogP contribution < -0.4 is 4.90 Å². The molecule has 0 N–H and O–H groups in total. The number of nitrogens with zero attached hydrogens (tertiary/aromatic N) is 5. The first-order valence-electron chi connectivity index (χ1n) is 7.97. The lowest BCUT2D eigenvalue weighted by Crippen LogP contribution is -2.35. The number of nitro benzene ring substituents is 1. The predicted molar refractivity (Wildman–Crippen MR) is 87.7 cm³/mol. The van der Waals surface area contributed by atoms with E-state index in [4.69, 9.17) is 0 Å². The van der Waals surface area contributed by atoms with E-state index >= 15 is 0 Å². The van der Waals surface area contributed by atoms with Crippen molar-refractivity contribution in [2.75, 3.05) is 18.0 Å². The van der Waals surface area contributed by atoms with Crippen molar-refractivity contribution in [1.82, 2.24) is 14.8 Å². The molecule has 1 aliphatic heterocycles. The van der Waals surface area contributed by atoms with Gasteiger partial charge in [-0.15, -0.1) is 10.2 Å². The number of nitro groups is 1.